The molecule has 0 aliphatic heterocycles. The van der Waals surface area contributed by atoms with Crippen molar-refractivity contribution < 1.29 is 4.79 Å². The summed E-state index contributed by atoms with van der Waals surface area (Å²) >= 11 is 15.4. The summed E-state index contributed by atoms with van der Waals surface area (Å²) in [5.74, 6) is -0.490. The fraction of sp³-hybridized carbons (Fsp3) is 0. The highest BCUT2D eigenvalue weighted by Gasteiger charge is 2.09. The molecule has 0 aliphatic carbocycles. The van der Waals surface area contributed by atoms with Gasteiger partial charge in [0.05, 0.1) is 0 Å². The van der Waals surface area contributed by atoms with Crippen molar-refractivity contribution in [3.05, 3.63) is 56.5 Å². The van der Waals surface area contributed by atoms with Crippen molar-refractivity contribution in [1.29, 1.82) is 0 Å². The van der Waals surface area contributed by atoms with Gasteiger partial charge >= 0.3 is 0 Å². The van der Waals surface area contributed by atoms with E-state index in [4.69, 9.17) is 28.9 Å². The Morgan fingerprint density at radius 1 is 1.11 bits per heavy atom. The molecule has 2 rings (SSSR count). The lowest BCUT2D eigenvalue weighted by atomic mass is 10.0. The van der Waals surface area contributed by atoms with Gasteiger partial charge in [0, 0.05) is 25.6 Å². The van der Waals surface area contributed by atoms with Crippen LogP contribution in [0, 0.1) is 0 Å². The summed E-state index contributed by atoms with van der Waals surface area (Å²) < 4.78 is 0.754. The highest BCUT2D eigenvalue weighted by Crippen LogP contribution is 2.32. The molecule has 92 valence electrons. The summed E-state index contributed by atoms with van der Waals surface area (Å²) in [6, 6.07) is 10.4. The van der Waals surface area contributed by atoms with Gasteiger partial charge in [-0.05, 0) is 42.0 Å². The lowest BCUT2D eigenvalue weighted by Crippen LogP contribution is -2.10. The Balaban J connectivity index is 2.63. The zero-order chi connectivity index (χ0) is 13.3. The zero-order valence-electron chi connectivity index (χ0n) is 9.08. The van der Waals surface area contributed by atoms with E-state index in [0.717, 1.165) is 15.6 Å². The summed E-state index contributed by atoms with van der Waals surface area (Å²) in [5, 5.41) is 1.14. The lowest BCUT2D eigenvalue weighted by molar-refractivity contribution is 0.100. The van der Waals surface area contributed by atoms with Gasteiger partial charge in [-0.15, -0.1) is 0 Å². The Labute approximate surface area is 123 Å². The van der Waals surface area contributed by atoms with E-state index in [0.29, 0.717) is 15.6 Å². The van der Waals surface area contributed by atoms with Crippen LogP contribution in [0.1, 0.15) is 10.4 Å². The normalized spacial score (nSPS) is 10.4. The van der Waals surface area contributed by atoms with Crippen molar-refractivity contribution in [2.24, 2.45) is 5.73 Å². The molecular weight excluding hydrogens is 337 g/mol. The number of rotatable bonds is 2. The predicted molar refractivity (Wildman–Crippen MR) is 78.1 cm³/mol. The van der Waals surface area contributed by atoms with Gasteiger partial charge in [0.2, 0.25) is 5.91 Å². The maximum Gasteiger partial charge on any atom is 0.248 e. The first kappa shape index (κ1) is 13.4. The highest BCUT2D eigenvalue weighted by atomic mass is 79.9. The second kappa shape index (κ2) is 5.31. The maximum atomic E-state index is 11.2. The third-order valence-electron chi connectivity index (χ3n) is 2.42. The van der Waals surface area contributed by atoms with Gasteiger partial charge < -0.3 is 5.73 Å². The second-order valence-corrected chi connectivity index (χ2v) is 5.48. The molecule has 0 saturated carbocycles. The topological polar surface area (TPSA) is 43.1 Å². The number of nitrogens with two attached hydrogens (primary N) is 1. The number of carbonyl (C=O) groups excluding carboxylic acids is 1. The first-order chi connectivity index (χ1) is 8.47. The molecule has 18 heavy (non-hydrogen) atoms. The van der Waals surface area contributed by atoms with E-state index >= 15 is 0 Å². The van der Waals surface area contributed by atoms with Crippen LogP contribution in [0.15, 0.2) is 40.9 Å². The Bertz CT molecular complexity index is 628. The molecule has 0 atom stereocenters. The first-order valence-corrected chi connectivity index (χ1v) is 6.58. The summed E-state index contributed by atoms with van der Waals surface area (Å²) in [7, 11) is 0. The van der Waals surface area contributed by atoms with Gasteiger partial charge in [0.25, 0.3) is 0 Å². The van der Waals surface area contributed by atoms with Crippen LogP contribution in [-0.2, 0) is 0 Å². The molecule has 0 unspecified atom stereocenters. The minimum atomic E-state index is -0.490. The molecule has 0 aromatic heterocycles. The summed E-state index contributed by atoms with van der Waals surface area (Å²) in [4.78, 5) is 11.2. The molecule has 1 amide bonds. The molecule has 0 radical (unpaired) electrons. The minimum Gasteiger partial charge on any atom is -0.366 e. The third kappa shape index (κ3) is 2.86. The number of benzene rings is 2. The van der Waals surface area contributed by atoms with E-state index in [9.17, 15) is 4.79 Å². The smallest absolute Gasteiger partial charge is 0.248 e. The van der Waals surface area contributed by atoms with Crippen molar-refractivity contribution in [1.82, 2.24) is 0 Å². The molecule has 2 nitrogen and oxygen atoms in total. The van der Waals surface area contributed by atoms with Crippen LogP contribution in [0.2, 0.25) is 10.0 Å². The van der Waals surface area contributed by atoms with E-state index < -0.39 is 5.91 Å². The standard InChI is InChI=1S/C13H8BrCl2NO/c14-9-4-7(3-8(5-9)13(17)18)11-6-10(15)1-2-12(11)16/h1-6H,(H2,17,18). The quantitative estimate of drug-likeness (QED) is 0.854. The van der Waals surface area contributed by atoms with Crippen LogP contribution in [-0.4, -0.2) is 5.91 Å². The van der Waals surface area contributed by atoms with Crippen molar-refractivity contribution in [3.63, 3.8) is 0 Å². The Morgan fingerprint density at radius 2 is 1.83 bits per heavy atom. The summed E-state index contributed by atoms with van der Waals surface area (Å²) in [5.41, 5.74) is 7.23. The summed E-state index contributed by atoms with van der Waals surface area (Å²) in [6.07, 6.45) is 0. The van der Waals surface area contributed by atoms with Crippen LogP contribution in [0.3, 0.4) is 0 Å². The summed E-state index contributed by atoms with van der Waals surface area (Å²) in [6.45, 7) is 0. The maximum absolute atomic E-state index is 11.2. The van der Waals surface area contributed by atoms with Crippen molar-refractivity contribution in [3.8, 4) is 11.1 Å². The van der Waals surface area contributed by atoms with Gasteiger partial charge in [0.15, 0.2) is 0 Å². The molecule has 0 bridgehead atoms. The molecule has 0 aliphatic rings. The number of carbonyl (C=O) groups is 1. The van der Waals surface area contributed by atoms with Gasteiger partial charge in [-0.25, -0.2) is 0 Å². The molecular formula is C13H8BrCl2NO. The van der Waals surface area contributed by atoms with Crippen LogP contribution in [0.4, 0.5) is 0 Å². The molecule has 2 aromatic rings. The number of hydrogen-bond acceptors (Lipinski definition) is 1. The number of primary amides is 1. The fourth-order valence-electron chi connectivity index (χ4n) is 1.61. The lowest BCUT2D eigenvalue weighted by Gasteiger charge is -2.07. The molecule has 2 N–H and O–H groups in total. The van der Waals surface area contributed by atoms with Crippen molar-refractivity contribution in [2.75, 3.05) is 0 Å². The predicted octanol–water partition coefficient (Wildman–Crippen LogP) is 4.52. The van der Waals surface area contributed by atoms with E-state index in [-0.39, 0.29) is 0 Å². The molecule has 2 aromatic carbocycles. The molecule has 0 spiro atoms. The van der Waals surface area contributed by atoms with Crippen LogP contribution in [0.5, 0.6) is 0 Å². The van der Waals surface area contributed by atoms with E-state index in [1.54, 1.807) is 30.3 Å². The average Bonchev–Trinajstić information content (AvgIpc) is 2.31. The molecule has 5 heteroatoms. The van der Waals surface area contributed by atoms with Crippen molar-refractivity contribution in [2.45, 2.75) is 0 Å². The largest absolute Gasteiger partial charge is 0.366 e. The van der Waals surface area contributed by atoms with E-state index in [1.165, 1.54) is 0 Å². The zero-order valence-corrected chi connectivity index (χ0v) is 12.2. The SMILES string of the molecule is NC(=O)c1cc(Br)cc(-c2cc(Cl)ccc2Cl)c1. The monoisotopic (exact) mass is 343 g/mol. The molecule has 0 saturated heterocycles. The van der Waals surface area contributed by atoms with E-state index in [2.05, 4.69) is 15.9 Å². The Hall–Kier alpha value is -1.03. The van der Waals surface area contributed by atoms with Crippen LogP contribution < -0.4 is 5.73 Å². The van der Waals surface area contributed by atoms with E-state index in [1.807, 2.05) is 6.07 Å². The number of amides is 1. The van der Waals surface area contributed by atoms with Gasteiger partial charge in [-0.3, -0.25) is 4.79 Å². The Morgan fingerprint density at radius 3 is 2.50 bits per heavy atom. The second-order valence-electron chi connectivity index (χ2n) is 3.72. The van der Waals surface area contributed by atoms with Gasteiger partial charge in [0.1, 0.15) is 0 Å². The van der Waals surface area contributed by atoms with Crippen LogP contribution >= 0.6 is 39.1 Å². The number of hydrogen-bond donors (Lipinski definition) is 1. The molecule has 0 heterocycles. The average molecular weight is 345 g/mol. The Kier molecular flexibility index (Phi) is 3.95. The minimum absolute atomic E-state index is 0.412. The van der Waals surface area contributed by atoms with Gasteiger partial charge in [-0.2, -0.15) is 0 Å². The highest BCUT2D eigenvalue weighted by molar-refractivity contribution is 9.10. The van der Waals surface area contributed by atoms with Crippen LogP contribution in [0.25, 0.3) is 11.1 Å². The first-order valence-electron chi connectivity index (χ1n) is 5.03. The van der Waals surface area contributed by atoms with Crippen molar-refractivity contribution >= 4 is 45.0 Å². The third-order valence-corrected chi connectivity index (χ3v) is 3.44. The molecule has 0 fully saturated rings. The fourth-order valence-corrected chi connectivity index (χ4v) is 2.50. The number of halogens is 3. The van der Waals surface area contributed by atoms with Gasteiger partial charge in [-0.1, -0.05) is 39.1 Å².